The summed E-state index contributed by atoms with van der Waals surface area (Å²) >= 11 is 0. The molecule has 1 aromatic rings. The highest BCUT2D eigenvalue weighted by Gasteiger charge is 2.20. The lowest BCUT2D eigenvalue weighted by Crippen LogP contribution is -2.44. The molecule has 106 valence electrons. The number of imidazole rings is 1. The molecule has 0 fully saturated rings. The third kappa shape index (κ3) is 3.73. The summed E-state index contributed by atoms with van der Waals surface area (Å²) in [5.41, 5.74) is 6.10. The van der Waals surface area contributed by atoms with Crippen LogP contribution in [0.5, 0.6) is 0 Å². The van der Waals surface area contributed by atoms with Crippen LogP contribution in [0, 0.1) is 17.0 Å². The summed E-state index contributed by atoms with van der Waals surface area (Å²) in [5, 5.41) is 13.6. The normalized spacial score (nSPS) is 12.2. The molecule has 0 spiro atoms. The predicted octanol–water partition coefficient (Wildman–Crippen LogP) is -0.810. The van der Waals surface area contributed by atoms with Crippen molar-refractivity contribution in [3.63, 3.8) is 0 Å². The molecule has 9 nitrogen and oxygen atoms in total. The highest BCUT2D eigenvalue weighted by molar-refractivity contribution is 5.75. The van der Waals surface area contributed by atoms with Gasteiger partial charge >= 0.3 is 11.9 Å². The van der Waals surface area contributed by atoms with E-state index in [-0.39, 0.29) is 12.5 Å². The number of carbonyl (C=O) groups excluding carboxylic acids is 1. The maximum absolute atomic E-state index is 11.3. The number of nitrogens with two attached hydrogens (primary N) is 1. The molecular weight excluding hydrogens is 254 g/mol. The van der Waals surface area contributed by atoms with Crippen molar-refractivity contribution in [1.82, 2.24) is 14.9 Å². The molecule has 0 radical (unpaired) electrons. The van der Waals surface area contributed by atoms with Gasteiger partial charge in [-0.2, -0.15) is 0 Å². The van der Waals surface area contributed by atoms with Crippen molar-refractivity contribution in [2.45, 2.75) is 19.5 Å². The number of hydrogen-bond acceptors (Lipinski definition) is 7. The zero-order valence-corrected chi connectivity index (χ0v) is 10.8. The Morgan fingerprint density at radius 3 is 2.95 bits per heavy atom. The smallest absolute Gasteiger partial charge is 0.434 e. The molecule has 1 unspecified atom stereocenters. The quantitative estimate of drug-likeness (QED) is 0.377. The second kappa shape index (κ2) is 6.81. The van der Waals surface area contributed by atoms with Crippen molar-refractivity contribution in [2.75, 3.05) is 20.2 Å². The number of aryl methyl sites for hydroxylation is 1. The van der Waals surface area contributed by atoms with Crippen LogP contribution in [-0.4, -0.2) is 46.7 Å². The third-order valence-corrected chi connectivity index (χ3v) is 2.64. The van der Waals surface area contributed by atoms with E-state index < -0.39 is 16.9 Å². The van der Waals surface area contributed by atoms with Crippen molar-refractivity contribution in [3.05, 3.63) is 22.0 Å². The van der Waals surface area contributed by atoms with Crippen LogP contribution in [0.2, 0.25) is 0 Å². The Balaban J connectivity index is 2.60. The molecule has 19 heavy (non-hydrogen) atoms. The first-order valence-corrected chi connectivity index (χ1v) is 5.69. The van der Waals surface area contributed by atoms with E-state index in [2.05, 4.69) is 15.0 Å². The second-order valence-electron chi connectivity index (χ2n) is 3.87. The average Bonchev–Trinajstić information content (AvgIpc) is 2.75. The lowest BCUT2D eigenvalue weighted by molar-refractivity contribution is -0.396. The first kappa shape index (κ1) is 15.1. The number of ether oxygens (including phenoxy) is 1. The fourth-order valence-electron chi connectivity index (χ4n) is 1.63. The number of hydrogen-bond donors (Lipinski definition) is 2. The molecular formula is C10H17N5O4. The Labute approximate surface area is 109 Å². The summed E-state index contributed by atoms with van der Waals surface area (Å²) in [4.78, 5) is 25.2. The number of carbonyl (C=O) groups is 1. The molecule has 0 saturated heterocycles. The minimum absolute atomic E-state index is 0.0949. The highest BCUT2D eigenvalue weighted by Crippen LogP contribution is 2.11. The van der Waals surface area contributed by atoms with Gasteiger partial charge in [-0.3, -0.25) is 4.79 Å². The molecule has 9 heteroatoms. The Kier molecular flexibility index (Phi) is 5.39. The zero-order valence-electron chi connectivity index (χ0n) is 10.8. The molecule has 1 heterocycles. The van der Waals surface area contributed by atoms with E-state index in [0.29, 0.717) is 18.8 Å². The van der Waals surface area contributed by atoms with Gasteiger partial charge in [0.15, 0.2) is 0 Å². The zero-order chi connectivity index (χ0) is 14.4. The summed E-state index contributed by atoms with van der Waals surface area (Å²) < 4.78 is 6.02. The van der Waals surface area contributed by atoms with Gasteiger partial charge < -0.3 is 25.9 Å². The van der Waals surface area contributed by atoms with Crippen LogP contribution in [-0.2, 0) is 16.1 Å². The van der Waals surface area contributed by atoms with Crippen molar-refractivity contribution in [2.24, 2.45) is 5.73 Å². The van der Waals surface area contributed by atoms with E-state index >= 15 is 0 Å². The number of aromatic nitrogens is 2. The van der Waals surface area contributed by atoms with Gasteiger partial charge in [-0.25, -0.2) is 4.57 Å². The molecule has 3 N–H and O–H groups in total. The third-order valence-electron chi connectivity index (χ3n) is 2.64. The molecule has 0 aliphatic carbocycles. The standard InChI is InChI=1S/C10H17N5O4/c1-7-6-13-10(15(17)18)14(7)4-3-12-8(5-11)9(16)19-2/h6,8,12H,3-5,11H2,1-2H3. The Morgan fingerprint density at radius 2 is 2.42 bits per heavy atom. The van der Waals surface area contributed by atoms with Crippen LogP contribution < -0.4 is 11.1 Å². The van der Waals surface area contributed by atoms with E-state index in [1.807, 2.05) is 0 Å². The largest absolute Gasteiger partial charge is 0.468 e. The lowest BCUT2D eigenvalue weighted by atomic mass is 10.3. The fourth-order valence-corrected chi connectivity index (χ4v) is 1.63. The number of esters is 1. The molecule has 0 bridgehead atoms. The molecule has 1 rings (SSSR count). The Hall–Kier alpha value is -2.00. The van der Waals surface area contributed by atoms with Crippen molar-refractivity contribution in [3.8, 4) is 0 Å². The summed E-state index contributed by atoms with van der Waals surface area (Å²) in [6, 6.07) is -0.618. The Morgan fingerprint density at radius 1 is 1.74 bits per heavy atom. The number of nitrogens with one attached hydrogen (secondary N) is 1. The molecule has 1 aromatic heterocycles. The maximum atomic E-state index is 11.3. The van der Waals surface area contributed by atoms with Crippen LogP contribution >= 0.6 is 0 Å². The van der Waals surface area contributed by atoms with E-state index in [0.717, 1.165) is 0 Å². The maximum Gasteiger partial charge on any atom is 0.434 e. The van der Waals surface area contributed by atoms with Gasteiger partial charge in [-0.15, -0.1) is 0 Å². The minimum Gasteiger partial charge on any atom is -0.468 e. The van der Waals surface area contributed by atoms with Gasteiger partial charge in [0, 0.05) is 13.1 Å². The summed E-state index contributed by atoms with van der Waals surface area (Å²) in [5.74, 6) is -0.680. The van der Waals surface area contributed by atoms with Crippen molar-refractivity contribution < 1.29 is 14.5 Å². The second-order valence-corrected chi connectivity index (χ2v) is 3.87. The van der Waals surface area contributed by atoms with Crippen molar-refractivity contribution in [1.29, 1.82) is 0 Å². The minimum atomic E-state index is -0.618. The van der Waals surface area contributed by atoms with E-state index in [9.17, 15) is 14.9 Å². The summed E-state index contributed by atoms with van der Waals surface area (Å²) in [6.07, 6.45) is 1.43. The Bertz CT molecular complexity index is 459. The van der Waals surface area contributed by atoms with Gasteiger partial charge in [0.05, 0.1) is 13.7 Å². The molecule has 0 aromatic carbocycles. The van der Waals surface area contributed by atoms with Crippen LogP contribution in [0.15, 0.2) is 6.20 Å². The topological polar surface area (TPSA) is 125 Å². The number of nitrogens with zero attached hydrogens (tertiary/aromatic N) is 3. The lowest BCUT2D eigenvalue weighted by Gasteiger charge is -2.14. The van der Waals surface area contributed by atoms with Gasteiger partial charge in [0.2, 0.25) is 0 Å². The van der Waals surface area contributed by atoms with Crippen LogP contribution in [0.1, 0.15) is 5.69 Å². The molecule has 0 aliphatic heterocycles. The van der Waals surface area contributed by atoms with Gasteiger partial charge in [0.25, 0.3) is 0 Å². The van der Waals surface area contributed by atoms with E-state index in [4.69, 9.17) is 5.73 Å². The highest BCUT2D eigenvalue weighted by atomic mass is 16.6. The average molecular weight is 271 g/mol. The number of methoxy groups -OCH3 is 1. The predicted molar refractivity (Wildman–Crippen MR) is 66.5 cm³/mol. The SMILES string of the molecule is COC(=O)C(CN)NCCn1c(C)cnc1[N+](=O)[O-]. The van der Waals surface area contributed by atoms with E-state index in [1.165, 1.54) is 17.9 Å². The molecule has 0 saturated carbocycles. The van der Waals surface area contributed by atoms with Crippen LogP contribution in [0.4, 0.5) is 5.95 Å². The summed E-state index contributed by atoms with van der Waals surface area (Å²) in [6.45, 7) is 2.48. The number of rotatable bonds is 7. The molecule has 1 atom stereocenters. The first-order chi connectivity index (χ1) is 9.01. The first-order valence-electron chi connectivity index (χ1n) is 5.69. The van der Waals surface area contributed by atoms with Crippen molar-refractivity contribution >= 4 is 11.9 Å². The molecule has 0 aliphatic rings. The van der Waals surface area contributed by atoms with Crippen LogP contribution in [0.3, 0.4) is 0 Å². The molecule has 0 amide bonds. The van der Waals surface area contributed by atoms with Gasteiger partial charge in [0.1, 0.15) is 17.9 Å². The van der Waals surface area contributed by atoms with Gasteiger partial charge in [-0.1, -0.05) is 4.98 Å². The van der Waals surface area contributed by atoms with Crippen LogP contribution in [0.25, 0.3) is 0 Å². The van der Waals surface area contributed by atoms with E-state index in [1.54, 1.807) is 6.92 Å². The fraction of sp³-hybridized carbons (Fsp3) is 0.600. The van der Waals surface area contributed by atoms with Gasteiger partial charge in [-0.05, 0) is 11.8 Å². The number of nitro groups is 1. The summed E-state index contributed by atoms with van der Waals surface area (Å²) in [7, 11) is 1.28. The monoisotopic (exact) mass is 271 g/mol.